The molecule has 1 N–H and O–H groups in total. The number of hydrogen-bond acceptors (Lipinski definition) is 3. The van der Waals surface area contributed by atoms with Crippen molar-refractivity contribution in [3.63, 3.8) is 0 Å². The van der Waals surface area contributed by atoms with Gasteiger partial charge in [-0.05, 0) is 30.2 Å². The zero-order valence-electron chi connectivity index (χ0n) is 11.3. The Kier molecular flexibility index (Phi) is 4.88. The van der Waals surface area contributed by atoms with Gasteiger partial charge in [0.25, 0.3) is 5.69 Å². The topological polar surface area (TPSA) is 55.2 Å². The maximum atomic E-state index is 13.4. The summed E-state index contributed by atoms with van der Waals surface area (Å²) in [6, 6.07) is 10.9. The molecule has 110 valence electrons. The van der Waals surface area contributed by atoms with E-state index in [9.17, 15) is 14.5 Å². The molecule has 0 bridgehead atoms. The Hall–Kier alpha value is -1.98. The first-order valence-corrected chi connectivity index (χ1v) is 6.77. The van der Waals surface area contributed by atoms with E-state index in [-0.39, 0.29) is 16.8 Å². The molecule has 2 aromatic carbocycles. The zero-order chi connectivity index (χ0) is 15.4. The average molecular weight is 309 g/mol. The van der Waals surface area contributed by atoms with Gasteiger partial charge in [0.1, 0.15) is 5.82 Å². The third-order valence-electron chi connectivity index (χ3n) is 3.20. The summed E-state index contributed by atoms with van der Waals surface area (Å²) in [5, 5.41) is 13.9. The van der Waals surface area contributed by atoms with Gasteiger partial charge in [-0.15, -0.1) is 0 Å². The fourth-order valence-corrected chi connectivity index (χ4v) is 2.02. The average Bonchev–Trinajstić information content (AvgIpc) is 2.48. The van der Waals surface area contributed by atoms with Crippen LogP contribution in [0, 0.1) is 15.9 Å². The van der Waals surface area contributed by atoms with Crippen LogP contribution in [-0.2, 0) is 6.54 Å². The minimum atomic E-state index is -0.446. The van der Waals surface area contributed by atoms with E-state index < -0.39 is 10.7 Å². The first kappa shape index (κ1) is 15.4. The van der Waals surface area contributed by atoms with Crippen molar-refractivity contribution >= 4 is 17.3 Å². The molecule has 4 nitrogen and oxygen atoms in total. The minimum absolute atomic E-state index is 0.0616. The summed E-state index contributed by atoms with van der Waals surface area (Å²) >= 11 is 5.65. The van der Waals surface area contributed by atoms with Gasteiger partial charge in [-0.2, -0.15) is 0 Å². The van der Waals surface area contributed by atoms with Crippen molar-refractivity contribution in [2.24, 2.45) is 0 Å². The van der Waals surface area contributed by atoms with Crippen molar-refractivity contribution in [2.75, 3.05) is 0 Å². The molecule has 0 aliphatic heterocycles. The van der Waals surface area contributed by atoms with Gasteiger partial charge in [0.05, 0.1) is 9.95 Å². The summed E-state index contributed by atoms with van der Waals surface area (Å²) in [5.41, 5.74) is 1.77. The fourth-order valence-electron chi connectivity index (χ4n) is 1.91. The molecule has 0 spiro atoms. The lowest BCUT2D eigenvalue weighted by Gasteiger charge is -2.14. The highest BCUT2D eigenvalue weighted by Gasteiger charge is 2.09. The van der Waals surface area contributed by atoms with E-state index in [0.29, 0.717) is 6.54 Å². The Balaban J connectivity index is 1.98. The normalized spacial score (nSPS) is 12.1. The van der Waals surface area contributed by atoms with Gasteiger partial charge in [0, 0.05) is 24.7 Å². The molecule has 0 saturated heterocycles. The second kappa shape index (κ2) is 6.65. The molecule has 21 heavy (non-hydrogen) atoms. The predicted octanol–water partition coefficient (Wildman–Crippen LogP) is 4.24. The smallest absolute Gasteiger partial charge is 0.269 e. The summed E-state index contributed by atoms with van der Waals surface area (Å²) in [5.74, 6) is -0.446. The van der Waals surface area contributed by atoms with Crippen LogP contribution in [0.1, 0.15) is 24.1 Å². The Morgan fingerprint density at radius 3 is 2.52 bits per heavy atom. The number of nitrogens with zero attached hydrogens (tertiary/aromatic N) is 1. The second-order valence-corrected chi connectivity index (χ2v) is 5.11. The number of non-ortho nitro benzene ring substituents is 1. The summed E-state index contributed by atoms with van der Waals surface area (Å²) in [6.45, 7) is 2.44. The Labute approximate surface area is 126 Å². The van der Waals surface area contributed by atoms with Crippen LogP contribution in [0.3, 0.4) is 0 Å². The van der Waals surface area contributed by atoms with E-state index >= 15 is 0 Å². The van der Waals surface area contributed by atoms with E-state index in [1.807, 2.05) is 6.92 Å². The molecule has 0 aromatic heterocycles. The van der Waals surface area contributed by atoms with Crippen molar-refractivity contribution in [1.82, 2.24) is 5.32 Å². The number of nitro benzene ring substituents is 1. The van der Waals surface area contributed by atoms with Crippen molar-refractivity contribution < 1.29 is 9.31 Å². The van der Waals surface area contributed by atoms with Crippen LogP contribution >= 0.6 is 11.6 Å². The van der Waals surface area contributed by atoms with Crippen LogP contribution in [0.5, 0.6) is 0 Å². The first-order chi connectivity index (χ1) is 9.97. The van der Waals surface area contributed by atoms with Gasteiger partial charge in [-0.1, -0.05) is 29.8 Å². The second-order valence-electron chi connectivity index (χ2n) is 4.70. The molecule has 0 radical (unpaired) electrons. The van der Waals surface area contributed by atoms with E-state index in [0.717, 1.165) is 11.1 Å². The number of nitrogens with one attached hydrogen (secondary N) is 1. The van der Waals surface area contributed by atoms with Crippen molar-refractivity contribution in [2.45, 2.75) is 19.5 Å². The molecule has 0 heterocycles. The summed E-state index contributed by atoms with van der Waals surface area (Å²) in [7, 11) is 0. The maximum absolute atomic E-state index is 13.4. The van der Waals surface area contributed by atoms with Crippen LogP contribution in [0.25, 0.3) is 0 Å². The third kappa shape index (κ3) is 4.00. The van der Waals surface area contributed by atoms with E-state index in [1.54, 1.807) is 18.2 Å². The molecule has 2 rings (SSSR count). The molecular formula is C15H14ClFN2O2. The van der Waals surface area contributed by atoms with Crippen LogP contribution in [0.4, 0.5) is 10.1 Å². The highest BCUT2D eigenvalue weighted by molar-refractivity contribution is 6.30. The molecule has 1 unspecified atom stereocenters. The number of rotatable bonds is 5. The third-order valence-corrected chi connectivity index (χ3v) is 3.51. The van der Waals surface area contributed by atoms with Crippen LogP contribution in [0.15, 0.2) is 42.5 Å². The maximum Gasteiger partial charge on any atom is 0.269 e. The molecule has 0 fully saturated rings. The molecular weight excluding hydrogens is 295 g/mol. The Bertz CT molecular complexity index is 647. The summed E-state index contributed by atoms with van der Waals surface area (Å²) < 4.78 is 13.4. The van der Waals surface area contributed by atoms with Crippen LogP contribution < -0.4 is 5.32 Å². The van der Waals surface area contributed by atoms with Gasteiger partial charge in [0.2, 0.25) is 0 Å². The van der Waals surface area contributed by atoms with Crippen molar-refractivity contribution in [3.8, 4) is 0 Å². The lowest BCUT2D eigenvalue weighted by molar-refractivity contribution is -0.384. The fraction of sp³-hybridized carbons (Fsp3) is 0.200. The molecule has 0 aliphatic carbocycles. The lowest BCUT2D eigenvalue weighted by atomic mass is 10.1. The number of halogens is 2. The minimum Gasteiger partial charge on any atom is -0.306 e. The molecule has 2 aromatic rings. The molecule has 0 amide bonds. The molecule has 0 saturated carbocycles. The Morgan fingerprint density at radius 2 is 1.95 bits per heavy atom. The SMILES string of the molecule is CC(NCc1ccc([N+](=O)[O-])cc1)c1ccc(Cl)c(F)c1. The van der Waals surface area contributed by atoms with Gasteiger partial charge >= 0.3 is 0 Å². The zero-order valence-corrected chi connectivity index (χ0v) is 12.1. The van der Waals surface area contributed by atoms with Crippen molar-refractivity contribution in [3.05, 3.63) is 74.5 Å². The highest BCUT2D eigenvalue weighted by atomic mass is 35.5. The van der Waals surface area contributed by atoms with Gasteiger partial charge < -0.3 is 5.32 Å². The van der Waals surface area contributed by atoms with E-state index in [4.69, 9.17) is 11.6 Å². The number of nitro groups is 1. The van der Waals surface area contributed by atoms with Crippen LogP contribution in [0.2, 0.25) is 5.02 Å². The quantitative estimate of drug-likeness (QED) is 0.664. The van der Waals surface area contributed by atoms with Gasteiger partial charge in [0.15, 0.2) is 0 Å². The number of benzene rings is 2. The Morgan fingerprint density at radius 1 is 1.29 bits per heavy atom. The van der Waals surface area contributed by atoms with Gasteiger partial charge in [-0.25, -0.2) is 4.39 Å². The summed E-state index contributed by atoms with van der Waals surface area (Å²) in [4.78, 5) is 10.1. The monoisotopic (exact) mass is 308 g/mol. The molecule has 0 aliphatic rings. The van der Waals surface area contributed by atoms with E-state index in [2.05, 4.69) is 5.32 Å². The van der Waals surface area contributed by atoms with Crippen molar-refractivity contribution in [1.29, 1.82) is 0 Å². The molecule has 6 heteroatoms. The van der Waals surface area contributed by atoms with E-state index in [1.165, 1.54) is 24.3 Å². The standard InChI is InChI=1S/C15H14ClFN2O2/c1-10(12-4-7-14(16)15(17)8-12)18-9-11-2-5-13(6-3-11)19(20)21/h2-8,10,18H,9H2,1H3. The largest absolute Gasteiger partial charge is 0.306 e. The lowest BCUT2D eigenvalue weighted by Crippen LogP contribution is -2.18. The highest BCUT2D eigenvalue weighted by Crippen LogP contribution is 2.20. The first-order valence-electron chi connectivity index (χ1n) is 6.39. The summed E-state index contributed by atoms with van der Waals surface area (Å²) in [6.07, 6.45) is 0. The predicted molar refractivity (Wildman–Crippen MR) is 79.8 cm³/mol. The number of hydrogen-bond donors (Lipinski definition) is 1. The van der Waals surface area contributed by atoms with Gasteiger partial charge in [-0.3, -0.25) is 10.1 Å². The molecule has 1 atom stereocenters. The van der Waals surface area contributed by atoms with Crippen LogP contribution in [-0.4, -0.2) is 4.92 Å².